The summed E-state index contributed by atoms with van der Waals surface area (Å²) in [6.07, 6.45) is 1.45. The monoisotopic (exact) mass is 375 g/mol. The lowest BCUT2D eigenvalue weighted by molar-refractivity contribution is 0.324. The molecule has 0 amide bonds. The molecule has 7 heteroatoms. The zero-order valence-electron chi connectivity index (χ0n) is 13.4. The number of hydrogen-bond acceptors (Lipinski definition) is 3. The highest BCUT2D eigenvalue weighted by Crippen LogP contribution is 2.24. The van der Waals surface area contributed by atoms with Crippen LogP contribution in [0.1, 0.15) is 12.5 Å². The SMILES string of the molecule is CCOc1[nH]n(-c2ccccc2)c(=O)c1C=Nc1cc(Cl)cc(Cl)c1. The average Bonchev–Trinajstić information content (AvgIpc) is 2.89. The molecule has 0 atom stereocenters. The van der Waals surface area contributed by atoms with Gasteiger partial charge in [0.15, 0.2) is 0 Å². The van der Waals surface area contributed by atoms with Crippen LogP contribution in [-0.4, -0.2) is 22.6 Å². The Morgan fingerprint density at radius 3 is 2.48 bits per heavy atom. The summed E-state index contributed by atoms with van der Waals surface area (Å²) in [6.45, 7) is 2.26. The van der Waals surface area contributed by atoms with Gasteiger partial charge in [-0.3, -0.25) is 14.9 Å². The standard InChI is InChI=1S/C18H15Cl2N3O2/c1-2-25-17-16(11-21-14-9-12(19)8-13(20)10-14)18(24)23(22-17)15-6-4-3-5-7-15/h3-11,22H,2H2,1H3. The van der Waals surface area contributed by atoms with Crippen LogP contribution in [0.4, 0.5) is 5.69 Å². The maximum Gasteiger partial charge on any atom is 0.284 e. The van der Waals surface area contributed by atoms with Crippen LogP contribution in [0, 0.1) is 0 Å². The zero-order chi connectivity index (χ0) is 17.8. The number of aromatic amines is 1. The Hall–Kier alpha value is -2.50. The third-order valence-corrected chi connectivity index (χ3v) is 3.82. The third-order valence-electron chi connectivity index (χ3n) is 3.38. The average molecular weight is 376 g/mol. The second-order valence-electron chi connectivity index (χ2n) is 5.15. The largest absolute Gasteiger partial charge is 0.478 e. The topological polar surface area (TPSA) is 59.4 Å². The Morgan fingerprint density at radius 1 is 1.16 bits per heavy atom. The van der Waals surface area contributed by atoms with E-state index in [-0.39, 0.29) is 5.56 Å². The Kier molecular flexibility index (Phi) is 5.26. The van der Waals surface area contributed by atoms with Crippen LogP contribution < -0.4 is 10.3 Å². The fraction of sp³-hybridized carbons (Fsp3) is 0.111. The van der Waals surface area contributed by atoms with Crippen molar-refractivity contribution in [2.24, 2.45) is 4.99 Å². The zero-order valence-corrected chi connectivity index (χ0v) is 14.9. The van der Waals surface area contributed by atoms with Crippen molar-refractivity contribution in [3.05, 3.63) is 74.5 Å². The number of nitrogens with zero attached hydrogens (tertiary/aromatic N) is 2. The van der Waals surface area contributed by atoms with Crippen molar-refractivity contribution in [3.63, 3.8) is 0 Å². The van der Waals surface area contributed by atoms with Crippen molar-refractivity contribution >= 4 is 35.1 Å². The fourth-order valence-electron chi connectivity index (χ4n) is 2.31. The highest BCUT2D eigenvalue weighted by Gasteiger charge is 2.14. The van der Waals surface area contributed by atoms with Crippen molar-refractivity contribution in [1.82, 2.24) is 9.78 Å². The van der Waals surface area contributed by atoms with E-state index in [1.54, 1.807) is 18.2 Å². The number of ether oxygens (including phenoxy) is 1. The molecule has 0 bridgehead atoms. The van der Waals surface area contributed by atoms with E-state index in [1.807, 2.05) is 37.3 Å². The minimum Gasteiger partial charge on any atom is -0.478 e. The van der Waals surface area contributed by atoms with Gasteiger partial charge in [0.2, 0.25) is 5.88 Å². The molecule has 0 aliphatic rings. The van der Waals surface area contributed by atoms with Crippen LogP contribution in [0.2, 0.25) is 10.0 Å². The van der Waals surface area contributed by atoms with Gasteiger partial charge in [-0.1, -0.05) is 41.4 Å². The van der Waals surface area contributed by atoms with E-state index in [4.69, 9.17) is 27.9 Å². The van der Waals surface area contributed by atoms with Gasteiger partial charge in [-0.25, -0.2) is 4.68 Å². The van der Waals surface area contributed by atoms with E-state index in [9.17, 15) is 4.79 Å². The van der Waals surface area contributed by atoms with Crippen LogP contribution >= 0.6 is 23.2 Å². The molecular formula is C18H15Cl2N3O2. The minimum atomic E-state index is -0.258. The summed E-state index contributed by atoms with van der Waals surface area (Å²) in [6, 6.07) is 14.2. The molecule has 128 valence electrons. The maximum absolute atomic E-state index is 12.7. The first-order valence-electron chi connectivity index (χ1n) is 7.62. The van der Waals surface area contributed by atoms with Gasteiger partial charge in [0, 0.05) is 16.3 Å². The van der Waals surface area contributed by atoms with Crippen molar-refractivity contribution in [3.8, 4) is 11.6 Å². The number of aliphatic imine (C=N–C) groups is 1. The Morgan fingerprint density at radius 2 is 1.84 bits per heavy atom. The molecule has 0 aliphatic heterocycles. The molecule has 0 radical (unpaired) electrons. The van der Waals surface area contributed by atoms with Crippen LogP contribution in [0.5, 0.6) is 5.88 Å². The summed E-state index contributed by atoms with van der Waals surface area (Å²) in [4.78, 5) is 17.0. The highest BCUT2D eigenvalue weighted by molar-refractivity contribution is 6.35. The molecule has 0 saturated carbocycles. The molecule has 3 rings (SSSR count). The van der Waals surface area contributed by atoms with Gasteiger partial charge >= 0.3 is 0 Å². The van der Waals surface area contributed by atoms with Gasteiger partial charge < -0.3 is 4.74 Å². The van der Waals surface area contributed by atoms with E-state index < -0.39 is 0 Å². The van der Waals surface area contributed by atoms with Crippen molar-refractivity contribution in [1.29, 1.82) is 0 Å². The Bertz CT molecular complexity index is 942. The molecule has 0 aliphatic carbocycles. The molecule has 0 spiro atoms. The normalized spacial score (nSPS) is 11.2. The first kappa shape index (κ1) is 17.3. The maximum atomic E-state index is 12.7. The van der Waals surface area contributed by atoms with E-state index >= 15 is 0 Å². The Balaban J connectivity index is 2.04. The molecular weight excluding hydrogens is 361 g/mol. The molecule has 1 aromatic heterocycles. The lowest BCUT2D eigenvalue weighted by Crippen LogP contribution is -2.17. The lowest BCUT2D eigenvalue weighted by Gasteiger charge is -2.01. The summed E-state index contributed by atoms with van der Waals surface area (Å²) in [7, 11) is 0. The lowest BCUT2D eigenvalue weighted by atomic mass is 10.3. The molecule has 1 heterocycles. The number of rotatable bonds is 5. The number of benzene rings is 2. The molecule has 2 aromatic carbocycles. The molecule has 0 fully saturated rings. The molecule has 1 N–H and O–H groups in total. The molecule has 0 unspecified atom stereocenters. The van der Waals surface area contributed by atoms with Gasteiger partial charge in [-0.15, -0.1) is 0 Å². The van der Waals surface area contributed by atoms with E-state index in [0.717, 1.165) is 0 Å². The van der Waals surface area contributed by atoms with E-state index in [0.29, 0.717) is 39.5 Å². The van der Waals surface area contributed by atoms with Crippen LogP contribution in [0.15, 0.2) is 58.3 Å². The van der Waals surface area contributed by atoms with Gasteiger partial charge in [0.05, 0.1) is 18.0 Å². The number of H-pyrrole nitrogens is 1. The van der Waals surface area contributed by atoms with Crippen molar-refractivity contribution in [2.45, 2.75) is 6.92 Å². The summed E-state index contributed by atoms with van der Waals surface area (Å²) in [5, 5.41) is 3.91. The second-order valence-corrected chi connectivity index (χ2v) is 6.02. The molecule has 25 heavy (non-hydrogen) atoms. The quantitative estimate of drug-likeness (QED) is 0.661. The first-order chi connectivity index (χ1) is 12.1. The third kappa shape index (κ3) is 3.95. The van der Waals surface area contributed by atoms with Gasteiger partial charge in [-0.2, -0.15) is 0 Å². The van der Waals surface area contributed by atoms with Gasteiger partial charge in [-0.05, 0) is 37.3 Å². The van der Waals surface area contributed by atoms with E-state index in [1.165, 1.54) is 10.9 Å². The predicted molar refractivity (Wildman–Crippen MR) is 101 cm³/mol. The van der Waals surface area contributed by atoms with E-state index in [2.05, 4.69) is 10.1 Å². The number of hydrogen-bond donors (Lipinski definition) is 1. The highest BCUT2D eigenvalue weighted by atomic mass is 35.5. The summed E-state index contributed by atoms with van der Waals surface area (Å²) in [5.74, 6) is 0.355. The number of halogens is 2. The van der Waals surface area contributed by atoms with Crippen LogP contribution in [0.3, 0.4) is 0 Å². The number of nitrogens with one attached hydrogen (secondary N) is 1. The van der Waals surface area contributed by atoms with Crippen molar-refractivity contribution in [2.75, 3.05) is 6.61 Å². The summed E-state index contributed by atoms with van der Waals surface area (Å²) in [5.41, 5.74) is 1.32. The van der Waals surface area contributed by atoms with Crippen LogP contribution in [-0.2, 0) is 0 Å². The van der Waals surface area contributed by atoms with Crippen LogP contribution in [0.25, 0.3) is 5.69 Å². The predicted octanol–water partition coefficient (Wildman–Crippen LogP) is 4.62. The fourth-order valence-corrected chi connectivity index (χ4v) is 2.82. The molecule has 3 aromatic rings. The van der Waals surface area contributed by atoms with Crippen molar-refractivity contribution < 1.29 is 4.74 Å². The van der Waals surface area contributed by atoms with Gasteiger partial charge in [0.25, 0.3) is 5.56 Å². The summed E-state index contributed by atoms with van der Waals surface area (Å²) >= 11 is 11.9. The first-order valence-corrected chi connectivity index (χ1v) is 8.37. The summed E-state index contributed by atoms with van der Waals surface area (Å²) < 4.78 is 6.95. The number of para-hydroxylation sites is 1. The van der Waals surface area contributed by atoms with Gasteiger partial charge in [0.1, 0.15) is 5.56 Å². The second kappa shape index (κ2) is 7.59. The molecule has 5 nitrogen and oxygen atoms in total. The number of aromatic nitrogens is 2. The molecule has 0 saturated heterocycles. The Labute approximate surface area is 154 Å². The minimum absolute atomic E-state index is 0.258. The smallest absolute Gasteiger partial charge is 0.284 e.